The number of halogens is 1. The average Bonchev–Trinajstić information content (AvgIpc) is 2.69. The first-order chi connectivity index (χ1) is 12.7. The molecule has 1 fully saturated rings. The van der Waals surface area contributed by atoms with Gasteiger partial charge in [-0.15, -0.1) is 24.0 Å². The number of rotatable bonds is 7. The van der Waals surface area contributed by atoms with Crippen LogP contribution in [0, 0.1) is 0 Å². The minimum atomic E-state index is 0. The summed E-state index contributed by atoms with van der Waals surface area (Å²) in [4.78, 5) is 23.4. The lowest BCUT2D eigenvalue weighted by Gasteiger charge is -2.36. The van der Waals surface area contributed by atoms with Crippen LogP contribution in [-0.2, 0) is 4.79 Å². The summed E-state index contributed by atoms with van der Waals surface area (Å²) >= 11 is 0. The van der Waals surface area contributed by atoms with E-state index < -0.39 is 0 Å². The molecule has 0 spiro atoms. The fourth-order valence-electron chi connectivity index (χ4n) is 3.07. The lowest BCUT2D eigenvalue weighted by molar-refractivity contribution is -0.129. The molecule has 0 aliphatic carbocycles. The number of hydrogen-bond donors (Lipinski definition) is 1. The fourth-order valence-corrected chi connectivity index (χ4v) is 3.07. The highest BCUT2D eigenvalue weighted by Gasteiger charge is 2.21. The number of carbonyl (C=O) groups excluding carboxylic acids is 1. The summed E-state index contributed by atoms with van der Waals surface area (Å²) in [6.07, 6.45) is 2.27. The van der Waals surface area contributed by atoms with Crippen LogP contribution in [0.5, 0.6) is 0 Å². The zero-order chi connectivity index (χ0) is 18.8. The predicted molar refractivity (Wildman–Crippen MR) is 124 cm³/mol. The first-order valence-electron chi connectivity index (χ1n) is 9.73. The Balaban J connectivity index is 0.00000364. The minimum absolute atomic E-state index is 0. The summed E-state index contributed by atoms with van der Waals surface area (Å²) in [7, 11) is 2.03. The van der Waals surface area contributed by atoms with E-state index in [1.54, 1.807) is 0 Å². The van der Waals surface area contributed by atoms with Gasteiger partial charge in [-0.3, -0.25) is 4.79 Å². The Labute approximate surface area is 181 Å². The highest BCUT2D eigenvalue weighted by molar-refractivity contribution is 14.0. The first kappa shape index (κ1) is 23.5. The third-order valence-electron chi connectivity index (χ3n) is 4.66. The number of aliphatic imine (C=N–C) groups is 1. The maximum atomic E-state index is 12.5. The van der Waals surface area contributed by atoms with E-state index >= 15 is 0 Å². The molecule has 27 heavy (non-hydrogen) atoms. The van der Waals surface area contributed by atoms with E-state index in [0.717, 1.165) is 58.1 Å². The van der Waals surface area contributed by atoms with Crippen LogP contribution in [0.2, 0.25) is 0 Å². The number of benzene rings is 1. The van der Waals surface area contributed by atoms with Gasteiger partial charge in [-0.25, -0.2) is 4.99 Å². The maximum absolute atomic E-state index is 12.5. The molecular weight excluding hydrogens is 453 g/mol. The molecule has 0 saturated carbocycles. The number of hydrogen-bond acceptors (Lipinski definition) is 3. The van der Waals surface area contributed by atoms with Crippen molar-refractivity contribution in [1.82, 2.24) is 15.1 Å². The van der Waals surface area contributed by atoms with Crippen LogP contribution < -0.4 is 10.2 Å². The molecule has 0 atom stereocenters. The molecule has 0 radical (unpaired) electrons. The summed E-state index contributed by atoms with van der Waals surface area (Å²) in [5, 5.41) is 3.28. The molecule has 7 heteroatoms. The van der Waals surface area contributed by atoms with Crippen molar-refractivity contribution in [3.8, 4) is 0 Å². The van der Waals surface area contributed by atoms with Crippen LogP contribution in [0.3, 0.4) is 0 Å². The van der Waals surface area contributed by atoms with Crippen molar-refractivity contribution >= 4 is 41.5 Å². The molecule has 1 aromatic carbocycles. The summed E-state index contributed by atoms with van der Waals surface area (Å²) < 4.78 is 0. The van der Waals surface area contributed by atoms with Crippen LogP contribution in [0.15, 0.2) is 35.3 Å². The van der Waals surface area contributed by atoms with Crippen LogP contribution in [0.4, 0.5) is 5.69 Å². The number of nitrogens with one attached hydrogen (secondary N) is 1. The molecule has 1 N–H and O–H groups in total. The van der Waals surface area contributed by atoms with Gasteiger partial charge >= 0.3 is 0 Å². The van der Waals surface area contributed by atoms with E-state index in [4.69, 9.17) is 0 Å². The first-order valence-corrected chi connectivity index (χ1v) is 9.73. The topological polar surface area (TPSA) is 51.2 Å². The van der Waals surface area contributed by atoms with Crippen molar-refractivity contribution < 1.29 is 4.79 Å². The Hall–Kier alpha value is -1.51. The highest BCUT2D eigenvalue weighted by Crippen LogP contribution is 2.15. The lowest BCUT2D eigenvalue weighted by atomic mass is 10.2. The number of para-hydroxylation sites is 1. The fraction of sp³-hybridized carbons (Fsp3) is 0.600. The van der Waals surface area contributed by atoms with Gasteiger partial charge in [-0.05, 0) is 25.5 Å². The zero-order valence-electron chi connectivity index (χ0n) is 16.9. The number of anilines is 1. The van der Waals surface area contributed by atoms with Gasteiger partial charge in [0.25, 0.3) is 0 Å². The Morgan fingerprint density at radius 1 is 1.15 bits per heavy atom. The molecule has 1 aliphatic heterocycles. The maximum Gasteiger partial charge on any atom is 0.244 e. The van der Waals surface area contributed by atoms with Crippen molar-refractivity contribution in [1.29, 1.82) is 0 Å². The molecule has 1 saturated heterocycles. The van der Waals surface area contributed by atoms with Gasteiger partial charge in [0.1, 0.15) is 6.54 Å². The normalized spacial score (nSPS) is 14.6. The van der Waals surface area contributed by atoms with Crippen molar-refractivity contribution in [2.45, 2.75) is 26.7 Å². The largest absolute Gasteiger partial charge is 0.368 e. The Morgan fingerprint density at radius 2 is 1.81 bits per heavy atom. The number of guanidine groups is 1. The number of unbranched alkanes of at least 4 members (excludes halogenated alkanes) is 1. The predicted octanol–water partition coefficient (Wildman–Crippen LogP) is 2.65. The SMILES string of the molecule is CCCCN(C)C(=NCC(=O)N1CCN(c2ccccc2)CC1)NCC.I. The van der Waals surface area contributed by atoms with Crippen molar-refractivity contribution in [2.24, 2.45) is 4.99 Å². The average molecular weight is 487 g/mol. The number of nitrogens with zero attached hydrogens (tertiary/aromatic N) is 4. The van der Waals surface area contributed by atoms with Crippen LogP contribution in [0.25, 0.3) is 0 Å². The summed E-state index contributed by atoms with van der Waals surface area (Å²) in [6.45, 7) is 9.45. The molecule has 152 valence electrons. The van der Waals surface area contributed by atoms with Crippen molar-refractivity contribution in [3.63, 3.8) is 0 Å². The van der Waals surface area contributed by atoms with Gasteiger partial charge < -0.3 is 20.0 Å². The number of carbonyl (C=O) groups is 1. The number of amides is 1. The van der Waals surface area contributed by atoms with Gasteiger partial charge in [0.2, 0.25) is 5.91 Å². The third kappa shape index (κ3) is 7.56. The van der Waals surface area contributed by atoms with E-state index in [-0.39, 0.29) is 36.4 Å². The Kier molecular flexibility index (Phi) is 11.2. The summed E-state index contributed by atoms with van der Waals surface area (Å²) in [5.74, 6) is 0.925. The second kappa shape index (κ2) is 12.8. The Bertz CT molecular complexity index is 573. The quantitative estimate of drug-likeness (QED) is 0.365. The molecule has 1 aromatic rings. The van der Waals surface area contributed by atoms with Crippen molar-refractivity contribution in [2.75, 3.05) is 57.8 Å². The van der Waals surface area contributed by atoms with Crippen LogP contribution in [0.1, 0.15) is 26.7 Å². The zero-order valence-corrected chi connectivity index (χ0v) is 19.2. The summed E-state index contributed by atoms with van der Waals surface area (Å²) in [5.41, 5.74) is 1.23. The Morgan fingerprint density at radius 3 is 2.41 bits per heavy atom. The second-order valence-electron chi connectivity index (χ2n) is 6.65. The molecular formula is C20H34IN5O. The van der Waals surface area contributed by atoms with Crippen LogP contribution >= 0.6 is 24.0 Å². The van der Waals surface area contributed by atoms with Gasteiger partial charge in [0.05, 0.1) is 0 Å². The van der Waals surface area contributed by atoms with E-state index in [2.05, 4.69) is 51.3 Å². The third-order valence-corrected chi connectivity index (χ3v) is 4.66. The number of piperazine rings is 1. The van der Waals surface area contributed by atoms with E-state index in [1.807, 2.05) is 24.9 Å². The van der Waals surface area contributed by atoms with E-state index in [1.165, 1.54) is 5.69 Å². The molecule has 6 nitrogen and oxygen atoms in total. The molecule has 0 aromatic heterocycles. The second-order valence-corrected chi connectivity index (χ2v) is 6.65. The van der Waals surface area contributed by atoms with E-state index in [9.17, 15) is 4.79 Å². The van der Waals surface area contributed by atoms with Gasteiger partial charge in [-0.1, -0.05) is 31.5 Å². The standard InChI is InChI=1S/C20H33N5O.HI/c1-4-6-12-23(3)20(21-5-2)22-17-19(26)25-15-13-24(14-16-25)18-10-8-7-9-11-18;/h7-11H,4-6,12-17H2,1-3H3,(H,21,22);1H. The van der Waals surface area contributed by atoms with Gasteiger partial charge in [0.15, 0.2) is 5.96 Å². The molecule has 1 amide bonds. The summed E-state index contributed by atoms with van der Waals surface area (Å²) in [6, 6.07) is 10.4. The van der Waals surface area contributed by atoms with Gasteiger partial charge in [0, 0.05) is 52.0 Å². The smallest absolute Gasteiger partial charge is 0.244 e. The lowest BCUT2D eigenvalue weighted by Crippen LogP contribution is -2.49. The molecule has 0 unspecified atom stereocenters. The monoisotopic (exact) mass is 487 g/mol. The molecule has 2 rings (SSSR count). The van der Waals surface area contributed by atoms with Crippen LogP contribution in [-0.4, -0.2) is 74.5 Å². The van der Waals surface area contributed by atoms with Crippen molar-refractivity contribution in [3.05, 3.63) is 30.3 Å². The minimum Gasteiger partial charge on any atom is -0.368 e. The molecule has 1 heterocycles. The molecule has 1 aliphatic rings. The molecule has 0 bridgehead atoms. The highest BCUT2D eigenvalue weighted by atomic mass is 127. The van der Waals surface area contributed by atoms with E-state index in [0.29, 0.717) is 0 Å². The van der Waals surface area contributed by atoms with Gasteiger partial charge in [-0.2, -0.15) is 0 Å².